The summed E-state index contributed by atoms with van der Waals surface area (Å²) >= 11 is 0. The Kier molecular flexibility index (Phi) is 62.6. The van der Waals surface area contributed by atoms with Gasteiger partial charge in [0.2, 0.25) is 0 Å². The van der Waals surface area contributed by atoms with Gasteiger partial charge in [-0.25, -0.2) is 0 Å². The summed E-state index contributed by atoms with van der Waals surface area (Å²) in [7, 11) is 1.64. The van der Waals surface area contributed by atoms with Crippen LogP contribution in [0, 0.1) is 0 Å². The molecule has 0 heterocycles. The number of ether oxygens (including phenoxy) is 22. The molecule has 23 heteroatoms. The van der Waals surface area contributed by atoms with E-state index in [1.165, 1.54) is 0 Å². The summed E-state index contributed by atoms with van der Waals surface area (Å²) < 4.78 is 121. The number of hydrogen-bond acceptors (Lipinski definition) is 23. The predicted molar refractivity (Wildman–Crippen MR) is 262 cm³/mol. The second kappa shape index (κ2) is 63.4. The highest BCUT2D eigenvalue weighted by Crippen LogP contribution is 2.00. The van der Waals surface area contributed by atoms with Crippen LogP contribution in [-0.2, 0) is 104 Å². The molecule has 0 aliphatic heterocycles. The molecule has 0 saturated carbocycles. The minimum atomic E-state index is -0.0299. The third-order valence-corrected chi connectivity index (χ3v) is 8.95. The zero-order valence-corrected chi connectivity index (χ0v) is 44.3. The quantitative estimate of drug-likeness (QED) is 0.0842. The molecule has 0 aliphatic carbocycles. The highest BCUT2D eigenvalue weighted by molar-refractivity contribution is 4.56. The minimum Gasteiger partial charge on any atom is -0.382 e. The van der Waals surface area contributed by atoms with Gasteiger partial charge in [0.05, 0.1) is 283 Å². The van der Waals surface area contributed by atoms with Crippen LogP contribution < -0.4 is 5.73 Å². The van der Waals surface area contributed by atoms with Gasteiger partial charge in [-0.2, -0.15) is 0 Å². The average molecular weight is 1040 g/mol. The number of hydrogen-bond donors (Lipinski definition) is 1. The first kappa shape index (κ1) is 70.1. The summed E-state index contributed by atoms with van der Waals surface area (Å²) in [5, 5.41) is 0. The molecule has 3 atom stereocenters. The molecule has 71 heavy (non-hydrogen) atoms. The van der Waals surface area contributed by atoms with Gasteiger partial charge in [0.1, 0.15) is 0 Å². The molecule has 0 aliphatic rings. The summed E-state index contributed by atoms with van der Waals surface area (Å²) in [6.07, 6.45) is -0.0152. The SMILES string of the molecule is COCCOCCOCCOCCOCCOCCOCCOCCOCCOCCOCCOCCOCCOCCOCCOCCOCCOCCOCCOC(C)COC(C)COC(C)CN. The summed E-state index contributed by atoms with van der Waals surface area (Å²) in [6.45, 7) is 26.5. The van der Waals surface area contributed by atoms with Crippen molar-refractivity contribution in [1.29, 1.82) is 0 Å². The molecule has 23 nitrogen and oxygen atoms in total. The Bertz CT molecular complexity index is 959. The van der Waals surface area contributed by atoms with E-state index >= 15 is 0 Å². The van der Waals surface area contributed by atoms with E-state index in [4.69, 9.17) is 110 Å². The second-order valence-electron chi connectivity index (χ2n) is 15.2. The Labute approximate surface area is 426 Å². The molecule has 0 saturated heterocycles. The van der Waals surface area contributed by atoms with E-state index in [1.807, 2.05) is 20.8 Å². The van der Waals surface area contributed by atoms with Gasteiger partial charge < -0.3 is 110 Å². The van der Waals surface area contributed by atoms with E-state index in [-0.39, 0.29) is 18.3 Å². The summed E-state index contributed by atoms with van der Waals surface area (Å²) in [5.41, 5.74) is 5.55. The van der Waals surface area contributed by atoms with E-state index in [1.54, 1.807) is 7.11 Å². The molecule has 0 rings (SSSR count). The van der Waals surface area contributed by atoms with E-state index in [2.05, 4.69) is 0 Å². The summed E-state index contributed by atoms with van der Waals surface area (Å²) in [5.74, 6) is 0. The van der Waals surface area contributed by atoms with Crippen molar-refractivity contribution < 1.29 is 104 Å². The van der Waals surface area contributed by atoms with E-state index in [9.17, 15) is 0 Å². The zero-order valence-electron chi connectivity index (χ0n) is 44.3. The third-order valence-electron chi connectivity index (χ3n) is 8.95. The van der Waals surface area contributed by atoms with Gasteiger partial charge in [-0.1, -0.05) is 0 Å². The van der Waals surface area contributed by atoms with Crippen LogP contribution in [0.1, 0.15) is 20.8 Å². The van der Waals surface area contributed by atoms with Gasteiger partial charge in [0.25, 0.3) is 0 Å². The van der Waals surface area contributed by atoms with Crippen molar-refractivity contribution in [3.63, 3.8) is 0 Å². The largest absolute Gasteiger partial charge is 0.382 e. The zero-order chi connectivity index (χ0) is 51.3. The second-order valence-corrected chi connectivity index (χ2v) is 15.2. The van der Waals surface area contributed by atoms with E-state index in [0.717, 1.165) is 0 Å². The van der Waals surface area contributed by atoms with Crippen LogP contribution in [0.25, 0.3) is 0 Å². The lowest BCUT2D eigenvalue weighted by molar-refractivity contribution is -0.0755. The maximum absolute atomic E-state index is 5.74. The molecule has 0 radical (unpaired) electrons. The fourth-order valence-corrected chi connectivity index (χ4v) is 5.05. The lowest BCUT2D eigenvalue weighted by atomic mass is 10.4. The van der Waals surface area contributed by atoms with Crippen molar-refractivity contribution in [3.05, 3.63) is 0 Å². The lowest BCUT2D eigenvalue weighted by Gasteiger charge is -2.19. The first-order valence-electron chi connectivity index (χ1n) is 25.5. The number of methoxy groups -OCH3 is 1. The molecular formula is C48H99NO22. The Morgan fingerprint density at radius 1 is 0.211 bits per heavy atom. The topological polar surface area (TPSA) is 229 Å². The molecule has 0 amide bonds. The Morgan fingerprint density at radius 3 is 0.549 bits per heavy atom. The van der Waals surface area contributed by atoms with Crippen LogP contribution in [0.5, 0.6) is 0 Å². The fraction of sp³-hybridized carbons (Fsp3) is 1.00. The summed E-state index contributed by atoms with van der Waals surface area (Å²) in [4.78, 5) is 0. The van der Waals surface area contributed by atoms with Gasteiger partial charge >= 0.3 is 0 Å². The molecule has 2 N–H and O–H groups in total. The predicted octanol–water partition coefficient (Wildman–Crippen LogP) is 1.11. The van der Waals surface area contributed by atoms with Crippen LogP contribution >= 0.6 is 0 Å². The van der Waals surface area contributed by atoms with Crippen LogP contribution in [0.3, 0.4) is 0 Å². The average Bonchev–Trinajstić information content (AvgIpc) is 3.38. The van der Waals surface area contributed by atoms with Crippen LogP contribution in [0.4, 0.5) is 0 Å². The van der Waals surface area contributed by atoms with Crippen molar-refractivity contribution in [2.45, 2.75) is 39.1 Å². The van der Waals surface area contributed by atoms with Crippen LogP contribution in [0.15, 0.2) is 0 Å². The van der Waals surface area contributed by atoms with Gasteiger partial charge in [0, 0.05) is 13.7 Å². The van der Waals surface area contributed by atoms with Gasteiger partial charge in [0.15, 0.2) is 0 Å². The minimum absolute atomic E-state index is 0.0148. The molecular weight excluding hydrogens is 943 g/mol. The molecule has 3 unspecified atom stereocenters. The molecule has 0 aromatic rings. The summed E-state index contributed by atoms with van der Waals surface area (Å²) in [6, 6.07) is 0. The fourth-order valence-electron chi connectivity index (χ4n) is 5.05. The van der Waals surface area contributed by atoms with E-state index < -0.39 is 0 Å². The highest BCUT2D eigenvalue weighted by Gasteiger charge is 2.09. The maximum atomic E-state index is 5.74. The van der Waals surface area contributed by atoms with Crippen LogP contribution in [-0.4, -0.2) is 296 Å². The van der Waals surface area contributed by atoms with Crippen molar-refractivity contribution in [2.24, 2.45) is 5.73 Å². The standard InChI is InChI=1S/C48H99NO22/c1-46(43-49)70-45-48(3)71-44-47(2)69-42-41-68-40-39-67-38-37-66-36-35-65-34-33-64-32-31-63-30-29-62-28-27-61-26-25-60-24-23-59-22-21-58-20-19-57-18-17-56-16-15-55-14-13-54-12-11-53-10-9-52-8-7-51-6-5-50-4/h46-48H,5-45,49H2,1-4H3. The van der Waals surface area contributed by atoms with Gasteiger partial charge in [-0.05, 0) is 20.8 Å². The Morgan fingerprint density at radius 2 is 0.366 bits per heavy atom. The van der Waals surface area contributed by atoms with Crippen molar-refractivity contribution >= 4 is 0 Å². The normalized spacial score (nSPS) is 13.1. The monoisotopic (exact) mass is 1040 g/mol. The van der Waals surface area contributed by atoms with Crippen LogP contribution in [0.2, 0.25) is 0 Å². The molecule has 428 valence electrons. The number of rotatable bonds is 65. The molecule has 0 spiro atoms. The smallest absolute Gasteiger partial charge is 0.0781 e. The van der Waals surface area contributed by atoms with Crippen molar-refractivity contribution in [2.75, 3.05) is 278 Å². The van der Waals surface area contributed by atoms with E-state index in [0.29, 0.717) is 271 Å². The molecule has 0 fully saturated rings. The van der Waals surface area contributed by atoms with Gasteiger partial charge in [-0.15, -0.1) is 0 Å². The molecule has 0 aromatic carbocycles. The first-order chi connectivity index (χ1) is 35.1. The third kappa shape index (κ3) is 63.3. The first-order valence-corrected chi connectivity index (χ1v) is 25.5. The molecule has 0 aromatic heterocycles. The van der Waals surface area contributed by atoms with Crippen molar-refractivity contribution in [1.82, 2.24) is 0 Å². The molecule has 0 bridgehead atoms. The lowest BCUT2D eigenvalue weighted by Crippen LogP contribution is -2.28. The number of nitrogens with two attached hydrogens (primary N) is 1. The Hall–Kier alpha value is -0.920. The Balaban J connectivity index is 3.12. The van der Waals surface area contributed by atoms with Crippen molar-refractivity contribution in [3.8, 4) is 0 Å². The van der Waals surface area contributed by atoms with Gasteiger partial charge in [-0.3, -0.25) is 0 Å². The maximum Gasteiger partial charge on any atom is 0.0781 e. The highest BCUT2D eigenvalue weighted by atomic mass is 16.6.